The van der Waals surface area contributed by atoms with Crippen LogP contribution in [0.15, 0.2) is 42.2 Å². The molecule has 38 heavy (non-hydrogen) atoms. The van der Waals surface area contributed by atoms with Crippen LogP contribution in [0.5, 0.6) is 0 Å². The zero-order valence-corrected chi connectivity index (χ0v) is 24.7. The standard InChI is InChI=1S/C34H50N2O2/c1-7-11-19-35(20-12-8-2)27-15-17-29(25(5)23-27)31-33(37)32(34(31)38)30-18-16-28(24-26(30)6)36(21-13-9-3)22-14-10-4/h15-18,23-24,31,37H,7-14,19-22H2,1-6H3/p-1. The van der Waals surface area contributed by atoms with Gasteiger partial charge in [0, 0.05) is 43.1 Å². The lowest BCUT2D eigenvalue weighted by Gasteiger charge is -2.38. The number of hydrogen-bond donors (Lipinski definition) is 0. The van der Waals surface area contributed by atoms with Crippen molar-refractivity contribution in [3.8, 4) is 0 Å². The Labute approximate surface area is 231 Å². The van der Waals surface area contributed by atoms with E-state index in [-0.39, 0.29) is 11.5 Å². The molecule has 0 saturated carbocycles. The number of carbonyl (C=O) groups is 1. The van der Waals surface area contributed by atoms with Crippen LogP contribution in [0.4, 0.5) is 11.4 Å². The molecule has 0 aromatic heterocycles. The number of ketones is 1. The number of nitrogens with zero attached hydrogens (tertiary/aromatic N) is 2. The van der Waals surface area contributed by atoms with E-state index in [9.17, 15) is 9.90 Å². The largest absolute Gasteiger partial charge is 0.874 e. The SMILES string of the molecule is CCCCN(CCCC)c1ccc(C2=C([O-])C(c3ccc(N(CCCC)CCCC)cc3C)C2=O)c(C)c1. The number of unbranched alkanes of at least 4 members (excludes halogenated alkanes) is 4. The molecule has 2 aromatic carbocycles. The summed E-state index contributed by atoms with van der Waals surface area (Å²) >= 11 is 0. The average Bonchev–Trinajstić information content (AvgIpc) is 2.91. The van der Waals surface area contributed by atoms with Gasteiger partial charge in [-0.1, -0.05) is 65.5 Å². The summed E-state index contributed by atoms with van der Waals surface area (Å²) in [5.41, 5.74) is 6.45. The van der Waals surface area contributed by atoms with Gasteiger partial charge in [0.2, 0.25) is 0 Å². The second-order valence-corrected chi connectivity index (χ2v) is 11.0. The molecular weight excluding hydrogens is 468 g/mol. The molecule has 0 bridgehead atoms. The molecule has 3 rings (SSSR count). The first-order valence-electron chi connectivity index (χ1n) is 15.0. The van der Waals surface area contributed by atoms with Crippen LogP contribution in [-0.2, 0) is 4.79 Å². The van der Waals surface area contributed by atoms with Gasteiger partial charge in [0.15, 0.2) is 5.78 Å². The lowest BCUT2D eigenvalue weighted by Crippen LogP contribution is -2.36. The highest BCUT2D eigenvalue weighted by Crippen LogP contribution is 2.44. The van der Waals surface area contributed by atoms with Crippen LogP contribution < -0.4 is 14.9 Å². The van der Waals surface area contributed by atoms with Crippen molar-refractivity contribution >= 4 is 22.7 Å². The van der Waals surface area contributed by atoms with Crippen LogP contribution in [0.2, 0.25) is 0 Å². The van der Waals surface area contributed by atoms with Crippen molar-refractivity contribution in [2.45, 2.75) is 98.8 Å². The van der Waals surface area contributed by atoms with Crippen molar-refractivity contribution < 1.29 is 9.90 Å². The maximum Gasteiger partial charge on any atom is 0.173 e. The molecule has 0 spiro atoms. The van der Waals surface area contributed by atoms with Crippen LogP contribution >= 0.6 is 0 Å². The normalized spacial score (nSPS) is 15.1. The van der Waals surface area contributed by atoms with E-state index >= 15 is 0 Å². The van der Waals surface area contributed by atoms with Gasteiger partial charge in [-0.2, -0.15) is 0 Å². The fraction of sp³-hybridized carbons (Fsp3) is 0.559. The summed E-state index contributed by atoms with van der Waals surface area (Å²) in [6, 6.07) is 12.5. The molecule has 4 nitrogen and oxygen atoms in total. The number of hydrogen-bond acceptors (Lipinski definition) is 4. The van der Waals surface area contributed by atoms with E-state index in [1.165, 1.54) is 24.2 Å². The van der Waals surface area contributed by atoms with E-state index in [4.69, 9.17) is 0 Å². The molecule has 0 heterocycles. The number of Topliss-reactive ketones (excluding diaryl/α,β-unsaturated/α-hetero) is 1. The first kappa shape index (κ1) is 29.8. The summed E-state index contributed by atoms with van der Waals surface area (Å²) in [7, 11) is 0. The minimum absolute atomic E-state index is 0.0376. The van der Waals surface area contributed by atoms with Crippen molar-refractivity contribution in [2.75, 3.05) is 36.0 Å². The molecule has 0 amide bonds. The summed E-state index contributed by atoms with van der Waals surface area (Å²) in [5.74, 6) is -0.739. The Kier molecular flexibility index (Phi) is 11.3. The second-order valence-electron chi connectivity index (χ2n) is 11.0. The molecule has 0 saturated heterocycles. The predicted molar refractivity (Wildman–Crippen MR) is 161 cm³/mol. The van der Waals surface area contributed by atoms with E-state index in [2.05, 4.69) is 61.8 Å². The third-order valence-corrected chi connectivity index (χ3v) is 7.92. The molecule has 0 N–H and O–H groups in total. The molecule has 1 unspecified atom stereocenters. The first-order valence-corrected chi connectivity index (χ1v) is 15.0. The van der Waals surface area contributed by atoms with Gasteiger partial charge in [0.1, 0.15) is 0 Å². The summed E-state index contributed by atoms with van der Waals surface area (Å²) in [6.07, 6.45) is 9.31. The Morgan fingerprint density at radius 1 is 0.684 bits per heavy atom. The Hall–Kier alpha value is -2.75. The van der Waals surface area contributed by atoms with Crippen LogP contribution in [-0.4, -0.2) is 32.0 Å². The van der Waals surface area contributed by atoms with Gasteiger partial charge in [0.05, 0.1) is 5.92 Å². The van der Waals surface area contributed by atoms with E-state index in [1.807, 2.05) is 26.0 Å². The van der Waals surface area contributed by atoms with Crippen LogP contribution in [0.3, 0.4) is 0 Å². The number of carbonyl (C=O) groups excluding carboxylic acids is 1. The van der Waals surface area contributed by atoms with Gasteiger partial charge in [-0.05, 0) is 86.1 Å². The Morgan fingerprint density at radius 2 is 1.13 bits per heavy atom. The fourth-order valence-corrected chi connectivity index (χ4v) is 5.44. The van der Waals surface area contributed by atoms with Crippen LogP contribution in [0.1, 0.15) is 107 Å². The lowest BCUT2D eigenvalue weighted by atomic mass is 9.73. The van der Waals surface area contributed by atoms with E-state index in [0.717, 1.165) is 87.0 Å². The smallest absolute Gasteiger partial charge is 0.173 e. The highest BCUT2D eigenvalue weighted by atomic mass is 16.3. The zero-order valence-electron chi connectivity index (χ0n) is 24.7. The van der Waals surface area contributed by atoms with Crippen molar-refractivity contribution in [1.29, 1.82) is 0 Å². The van der Waals surface area contributed by atoms with Crippen molar-refractivity contribution in [1.82, 2.24) is 0 Å². The number of allylic oxidation sites excluding steroid dienone is 2. The summed E-state index contributed by atoms with van der Waals surface area (Å²) in [6.45, 7) is 17.1. The molecule has 1 aliphatic rings. The minimum Gasteiger partial charge on any atom is -0.874 e. The van der Waals surface area contributed by atoms with Gasteiger partial charge in [-0.15, -0.1) is 5.76 Å². The molecule has 0 aliphatic heterocycles. The second kappa shape index (κ2) is 14.4. The molecule has 0 radical (unpaired) electrons. The summed E-state index contributed by atoms with van der Waals surface area (Å²) in [5, 5.41) is 13.4. The van der Waals surface area contributed by atoms with E-state index in [1.54, 1.807) is 0 Å². The molecule has 1 atom stereocenters. The van der Waals surface area contributed by atoms with Crippen molar-refractivity contribution in [3.63, 3.8) is 0 Å². The van der Waals surface area contributed by atoms with Crippen LogP contribution in [0.25, 0.3) is 5.57 Å². The van der Waals surface area contributed by atoms with E-state index < -0.39 is 5.92 Å². The fourth-order valence-electron chi connectivity index (χ4n) is 5.44. The summed E-state index contributed by atoms with van der Waals surface area (Å²) < 4.78 is 0. The molecule has 2 aromatic rings. The van der Waals surface area contributed by atoms with Crippen molar-refractivity contribution in [2.24, 2.45) is 0 Å². The van der Waals surface area contributed by atoms with Gasteiger partial charge >= 0.3 is 0 Å². The maximum atomic E-state index is 13.4. The Bertz CT molecular complexity index is 1090. The highest BCUT2D eigenvalue weighted by molar-refractivity contribution is 6.32. The van der Waals surface area contributed by atoms with Gasteiger partial charge < -0.3 is 14.9 Å². The molecule has 1 aliphatic carbocycles. The molecule has 4 heteroatoms. The predicted octanol–water partition coefficient (Wildman–Crippen LogP) is 7.55. The third kappa shape index (κ3) is 6.81. The zero-order chi connectivity index (χ0) is 27.7. The maximum absolute atomic E-state index is 13.4. The first-order chi connectivity index (χ1) is 18.4. The lowest BCUT2D eigenvalue weighted by molar-refractivity contribution is -0.310. The molecular formula is C34H49N2O2-. The monoisotopic (exact) mass is 517 g/mol. The van der Waals surface area contributed by atoms with Gasteiger partial charge in [0.25, 0.3) is 0 Å². The minimum atomic E-state index is -0.663. The Morgan fingerprint density at radius 3 is 1.53 bits per heavy atom. The molecule has 208 valence electrons. The highest BCUT2D eigenvalue weighted by Gasteiger charge is 2.36. The number of anilines is 2. The van der Waals surface area contributed by atoms with Gasteiger partial charge in [-0.3, -0.25) is 4.79 Å². The topological polar surface area (TPSA) is 46.6 Å². The Balaban J connectivity index is 1.84. The van der Waals surface area contributed by atoms with Crippen LogP contribution in [0, 0.1) is 13.8 Å². The van der Waals surface area contributed by atoms with Crippen molar-refractivity contribution in [3.05, 3.63) is 64.4 Å². The third-order valence-electron chi connectivity index (χ3n) is 7.92. The number of benzene rings is 2. The average molecular weight is 518 g/mol. The number of rotatable bonds is 16. The number of aryl methyl sites for hydroxylation is 2. The summed E-state index contributed by atoms with van der Waals surface area (Å²) in [4.78, 5) is 18.3. The molecule has 0 fully saturated rings. The quantitative estimate of drug-likeness (QED) is 0.231. The van der Waals surface area contributed by atoms with E-state index in [0.29, 0.717) is 5.57 Å². The van der Waals surface area contributed by atoms with Gasteiger partial charge in [-0.25, -0.2) is 0 Å².